The number of ether oxygens (including phenoxy) is 2. The van der Waals surface area contributed by atoms with Gasteiger partial charge in [0.25, 0.3) is 0 Å². The summed E-state index contributed by atoms with van der Waals surface area (Å²) in [5.41, 5.74) is 1.11. The number of amides is 1. The molecule has 122 valence electrons. The Balaban J connectivity index is 2.18. The Kier molecular flexibility index (Phi) is 6.07. The van der Waals surface area contributed by atoms with Crippen molar-refractivity contribution >= 4 is 6.09 Å². The highest BCUT2D eigenvalue weighted by Crippen LogP contribution is 2.31. The number of nitrogens with one attached hydrogen (secondary N) is 1. The summed E-state index contributed by atoms with van der Waals surface area (Å²) in [7, 11) is 3.07. The minimum Gasteiger partial charge on any atom is -0.496 e. The van der Waals surface area contributed by atoms with Gasteiger partial charge in [-0.3, -0.25) is 4.90 Å². The molecule has 0 spiro atoms. The van der Waals surface area contributed by atoms with Gasteiger partial charge >= 0.3 is 6.09 Å². The largest absolute Gasteiger partial charge is 0.496 e. The molecular formula is C17H26N2O3. The molecule has 5 heteroatoms. The summed E-state index contributed by atoms with van der Waals surface area (Å²) in [6.07, 6.45) is 1.97. The van der Waals surface area contributed by atoms with Crippen LogP contribution in [-0.2, 0) is 4.74 Å². The first-order valence-corrected chi connectivity index (χ1v) is 7.84. The number of piperidine rings is 1. The van der Waals surface area contributed by atoms with Gasteiger partial charge in [0.05, 0.1) is 20.3 Å². The Morgan fingerprint density at radius 2 is 2.00 bits per heavy atom. The van der Waals surface area contributed by atoms with Crippen molar-refractivity contribution < 1.29 is 14.3 Å². The number of hydrogen-bond acceptors (Lipinski definition) is 4. The van der Waals surface area contributed by atoms with Gasteiger partial charge in [-0.25, -0.2) is 4.79 Å². The number of methoxy groups -OCH3 is 2. The second kappa shape index (κ2) is 8.03. The fraction of sp³-hybridized carbons (Fsp3) is 0.588. The minimum absolute atomic E-state index is 0.0998. The summed E-state index contributed by atoms with van der Waals surface area (Å²) in [6, 6.07) is 8.11. The van der Waals surface area contributed by atoms with Crippen molar-refractivity contribution in [2.45, 2.75) is 25.8 Å². The lowest BCUT2D eigenvalue weighted by atomic mass is 9.95. The summed E-state index contributed by atoms with van der Waals surface area (Å²) in [6.45, 7) is 4.88. The van der Waals surface area contributed by atoms with E-state index in [0.29, 0.717) is 6.54 Å². The van der Waals surface area contributed by atoms with Gasteiger partial charge in [0, 0.05) is 12.1 Å². The molecule has 0 aromatic heterocycles. The van der Waals surface area contributed by atoms with E-state index in [-0.39, 0.29) is 6.04 Å². The van der Waals surface area contributed by atoms with Crippen LogP contribution in [0.5, 0.6) is 5.75 Å². The van der Waals surface area contributed by atoms with Gasteiger partial charge in [-0.05, 0) is 37.9 Å². The van der Waals surface area contributed by atoms with Gasteiger partial charge in [0.15, 0.2) is 0 Å². The van der Waals surface area contributed by atoms with Crippen LogP contribution in [0.25, 0.3) is 0 Å². The van der Waals surface area contributed by atoms with Crippen LogP contribution < -0.4 is 10.1 Å². The van der Waals surface area contributed by atoms with Crippen molar-refractivity contribution in [2.24, 2.45) is 5.92 Å². The molecule has 1 aliphatic heterocycles. The normalized spacial score (nSPS) is 17.8. The lowest BCUT2D eigenvalue weighted by Gasteiger charge is -2.37. The summed E-state index contributed by atoms with van der Waals surface area (Å²) < 4.78 is 10.2. The molecule has 1 heterocycles. The molecule has 1 amide bonds. The standard InChI is InChI=1S/C17H26N2O3/c1-13-8-10-19(11-9-13)15(12-18-17(20)22-3)14-6-4-5-7-16(14)21-2/h4-7,13,15H,8-12H2,1-3H3,(H,18,20). The second-order valence-corrected chi connectivity index (χ2v) is 5.85. The molecular weight excluding hydrogens is 280 g/mol. The van der Waals surface area contributed by atoms with Gasteiger partial charge in [0.2, 0.25) is 0 Å². The molecule has 1 N–H and O–H groups in total. The Morgan fingerprint density at radius 3 is 2.64 bits per heavy atom. The van der Waals surface area contributed by atoms with Crippen LogP contribution >= 0.6 is 0 Å². The molecule has 0 aliphatic carbocycles. The van der Waals surface area contributed by atoms with Crippen molar-refractivity contribution in [3.05, 3.63) is 29.8 Å². The maximum Gasteiger partial charge on any atom is 0.406 e. The molecule has 0 saturated carbocycles. The first kappa shape index (κ1) is 16.6. The zero-order valence-corrected chi connectivity index (χ0v) is 13.7. The van der Waals surface area contributed by atoms with Crippen molar-refractivity contribution in [1.82, 2.24) is 10.2 Å². The summed E-state index contributed by atoms with van der Waals surface area (Å²) in [4.78, 5) is 13.9. The van der Waals surface area contributed by atoms with Gasteiger partial charge in [-0.15, -0.1) is 0 Å². The van der Waals surface area contributed by atoms with Crippen LogP contribution in [0.15, 0.2) is 24.3 Å². The highest BCUT2D eigenvalue weighted by atomic mass is 16.5. The van der Waals surface area contributed by atoms with E-state index >= 15 is 0 Å². The van der Waals surface area contributed by atoms with Crippen LogP contribution in [0.1, 0.15) is 31.4 Å². The van der Waals surface area contributed by atoms with Crippen molar-refractivity contribution in [2.75, 3.05) is 33.9 Å². The molecule has 1 fully saturated rings. The Morgan fingerprint density at radius 1 is 1.32 bits per heavy atom. The molecule has 1 atom stereocenters. The van der Waals surface area contributed by atoms with E-state index in [9.17, 15) is 4.79 Å². The lowest BCUT2D eigenvalue weighted by molar-refractivity contribution is 0.127. The number of benzene rings is 1. The third-order valence-corrected chi connectivity index (χ3v) is 4.38. The number of hydrogen-bond donors (Lipinski definition) is 1. The van der Waals surface area contributed by atoms with Gasteiger partial charge < -0.3 is 14.8 Å². The third-order valence-electron chi connectivity index (χ3n) is 4.38. The molecule has 0 bridgehead atoms. The van der Waals surface area contributed by atoms with Gasteiger partial charge in [-0.2, -0.15) is 0 Å². The average Bonchev–Trinajstić information content (AvgIpc) is 2.56. The summed E-state index contributed by atoms with van der Waals surface area (Å²) in [5, 5.41) is 2.83. The SMILES string of the molecule is COC(=O)NCC(c1ccccc1OC)N1CCC(C)CC1. The molecule has 1 aromatic rings. The van der Waals surface area contributed by atoms with Crippen LogP contribution in [0.4, 0.5) is 4.79 Å². The monoisotopic (exact) mass is 306 g/mol. The zero-order valence-electron chi connectivity index (χ0n) is 13.7. The van der Waals surface area contributed by atoms with Crippen LogP contribution in [0.2, 0.25) is 0 Å². The predicted octanol–water partition coefficient (Wildman–Crippen LogP) is 2.82. The highest BCUT2D eigenvalue weighted by molar-refractivity contribution is 5.67. The van der Waals surface area contributed by atoms with E-state index in [1.165, 1.54) is 20.0 Å². The topological polar surface area (TPSA) is 50.8 Å². The van der Waals surface area contributed by atoms with E-state index in [1.54, 1.807) is 7.11 Å². The molecule has 22 heavy (non-hydrogen) atoms. The molecule has 1 saturated heterocycles. The number of likely N-dealkylation sites (tertiary alicyclic amines) is 1. The number of carbonyl (C=O) groups is 1. The quantitative estimate of drug-likeness (QED) is 0.909. The van der Waals surface area contributed by atoms with Crippen LogP contribution in [-0.4, -0.2) is 44.8 Å². The number of para-hydroxylation sites is 1. The fourth-order valence-electron chi connectivity index (χ4n) is 2.97. The number of alkyl carbamates (subject to hydrolysis) is 1. The van der Waals surface area contributed by atoms with E-state index in [4.69, 9.17) is 9.47 Å². The van der Waals surface area contributed by atoms with Crippen molar-refractivity contribution in [1.29, 1.82) is 0 Å². The maximum atomic E-state index is 11.5. The Bertz CT molecular complexity index is 485. The lowest BCUT2D eigenvalue weighted by Crippen LogP contribution is -2.42. The van der Waals surface area contributed by atoms with E-state index in [1.807, 2.05) is 18.2 Å². The first-order chi connectivity index (χ1) is 10.7. The smallest absolute Gasteiger partial charge is 0.406 e. The average molecular weight is 306 g/mol. The second-order valence-electron chi connectivity index (χ2n) is 5.85. The van der Waals surface area contributed by atoms with Gasteiger partial charge in [-0.1, -0.05) is 25.1 Å². The number of carbonyl (C=O) groups excluding carboxylic acids is 1. The van der Waals surface area contributed by atoms with Crippen molar-refractivity contribution in [3.63, 3.8) is 0 Å². The zero-order chi connectivity index (χ0) is 15.9. The maximum absolute atomic E-state index is 11.5. The van der Waals surface area contributed by atoms with Crippen LogP contribution in [0.3, 0.4) is 0 Å². The third kappa shape index (κ3) is 4.13. The molecule has 1 aromatic carbocycles. The van der Waals surface area contributed by atoms with E-state index in [0.717, 1.165) is 30.3 Å². The minimum atomic E-state index is -0.398. The summed E-state index contributed by atoms with van der Waals surface area (Å²) in [5.74, 6) is 1.63. The Hall–Kier alpha value is -1.75. The molecule has 0 radical (unpaired) electrons. The fourth-order valence-corrected chi connectivity index (χ4v) is 2.97. The van der Waals surface area contributed by atoms with Gasteiger partial charge in [0.1, 0.15) is 5.75 Å². The highest BCUT2D eigenvalue weighted by Gasteiger charge is 2.27. The van der Waals surface area contributed by atoms with E-state index in [2.05, 4.69) is 23.2 Å². The molecule has 1 unspecified atom stereocenters. The number of nitrogens with zero attached hydrogens (tertiary/aromatic N) is 1. The summed E-state index contributed by atoms with van der Waals surface area (Å²) >= 11 is 0. The van der Waals surface area contributed by atoms with Crippen LogP contribution in [0, 0.1) is 5.92 Å². The number of rotatable bonds is 5. The molecule has 2 rings (SSSR count). The Labute approximate surface area is 132 Å². The molecule has 1 aliphatic rings. The van der Waals surface area contributed by atoms with E-state index < -0.39 is 6.09 Å². The molecule has 5 nitrogen and oxygen atoms in total. The predicted molar refractivity (Wildman–Crippen MR) is 86.1 cm³/mol. The van der Waals surface area contributed by atoms with Crippen molar-refractivity contribution in [3.8, 4) is 5.75 Å². The first-order valence-electron chi connectivity index (χ1n) is 7.84.